The number of rotatable bonds is 3. The van der Waals surface area contributed by atoms with Gasteiger partial charge in [-0.25, -0.2) is 24.3 Å². The lowest BCUT2D eigenvalue weighted by molar-refractivity contribution is 0.629. The van der Waals surface area contributed by atoms with Gasteiger partial charge in [0, 0.05) is 6.07 Å². The molecule has 0 amide bonds. The number of nitrogen functional groups attached to an aromatic ring is 1. The predicted octanol–water partition coefficient (Wildman–Crippen LogP) is 3.02. The standard InChI is InChI=1S/C20H13ClFN7O/c21-12-3-1-2-4-14(12)29-16(26-13-7-10(22)5-6-11(13)20(29)30)8-15-27-18(23)17-19(28-15)25-9-24-17/h1-7,9H,8H2,(H3,23,24,25,27,28). The van der Waals surface area contributed by atoms with Gasteiger partial charge in [-0.05, 0) is 24.3 Å². The lowest BCUT2D eigenvalue weighted by Gasteiger charge is -2.14. The van der Waals surface area contributed by atoms with Crippen LogP contribution in [-0.4, -0.2) is 29.5 Å². The highest BCUT2D eigenvalue weighted by molar-refractivity contribution is 6.32. The van der Waals surface area contributed by atoms with Crippen LogP contribution in [0.2, 0.25) is 5.02 Å². The third-order valence-corrected chi connectivity index (χ3v) is 4.99. The van der Waals surface area contributed by atoms with E-state index in [4.69, 9.17) is 17.3 Å². The number of hydrogen-bond acceptors (Lipinski definition) is 6. The lowest BCUT2D eigenvalue weighted by atomic mass is 10.2. The average molecular weight is 422 g/mol. The fraction of sp³-hybridized carbons (Fsp3) is 0.0500. The largest absolute Gasteiger partial charge is 0.382 e. The number of benzene rings is 2. The van der Waals surface area contributed by atoms with Crippen LogP contribution in [-0.2, 0) is 6.42 Å². The Kier molecular flexibility index (Phi) is 4.18. The molecule has 0 unspecified atom stereocenters. The van der Waals surface area contributed by atoms with Crippen molar-refractivity contribution in [2.75, 3.05) is 5.73 Å². The van der Waals surface area contributed by atoms with Crippen LogP contribution in [0.5, 0.6) is 0 Å². The van der Waals surface area contributed by atoms with Crippen molar-refractivity contribution in [1.29, 1.82) is 0 Å². The summed E-state index contributed by atoms with van der Waals surface area (Å²) in [4.78, 5) is 33.5. The van der Waals surface area contributed by atoms with Gasteiger partial charge < -0.3 is 10.7 Å². The molecule has 3 heterocycles. The minimum absolute atomic E-state index is 0.0555. The summed E-state index contributed by atoms with van der Waals surface area (Å²) in [6.45, 7) is 0. The average Bonchev–Trinajstić information content (AvgIpc) is 3.18. The molecule has 0 aliphatic rings. The van der Waals surface area contributed by atoms with Crippen molar-refractivity contribution in [1.82, 2.24) is 29.5 Å². The molecule has 0 aliphatic carbocycles. The van der Waals surface area contributed by atoms with Crippen LogP contribution in [0.3, 0.4) is 0 Å². The molecule has 10 heteroatoms. The molecule has 5 aromatic rings. The normalized spacial score (nSPS) is 11.4. The van der Waals surface area contributed by atoms with E-state index in [9.17, 15) is 9.18 Å². The van der Waals surface area contributed by atoms with Crippen molar-refractivity contribution in [3.63, 3.8) is 0 Å². The number of hydrogen-bond donors (Lipinski definition) is 2. The molecule has 0 aliphatic heterocycles. The van der Waals surface area contributed by atoms with E-state index in [0.29, 0.717) is 33.5 Å². The molecule has 3 aromatic heterocycles. The maximum Gasteiger partial charge on any atom is 0.266 e. The first-order valence-electron chi connectivity index (χ1n) is 8.93. The number of halogens is 2. The van der Waals surface area contributed by atoms with Gasteiger partial charge >= 0.3 is 0 Å². The molecule has 2 aromatic carbocycles. The van der Waals surface area contributed by atoms with E-state index >= 15 is 0 Å². The van der Waals surface area contributed by atoms with Crippen molar-refractivity contribution < 1.29 is 4.39 Å². The monoisotopic (exact) mass is 421 g/mol. The summed E-state index contributed by atoms with van der Waals surface area (Å²) >= 11 is 6.36. The third kappa shape index (κ3) is 2.96. The van der Waals surface area contributed by atoms with Crippen LogP contribution < -0.4 is 11.3 Å². The molecule has 5 rings (SSSR count). The first-order valence-corrected chi connectivity index (χ1v) is 9.30. The molecule has 0 atom stereocenters. The summed E-state index contributed by atoms with van der Waals surface area (Å²) in [5, 5.41) is 0.635. The van der Waals surface area contributed by atoms with Crippen LogP contribution in [0.25, 0.3) is 27.8 Å². The number of nitrogens with one attached hydrogen (secondary N) is 1. The Balaban J connectivity index is 1.77. The number of para-hydroxylation sites is 1. The second kappa shape index (κ2) is 6.89. The first-order chi connectivity index (χ1) is 14.5. The van der Waals surface area contributed by atoms with Crippen molar-refractivity contribution in [2.24, 2.45) is 0 Å². The Labute approximate surface area is 173 Å². The lowest BCUT2D eigenvalue weighted by Crippen LogP contribution is -2.25. The SMILES string of the molecule is Nc1nc(Cc2nc3cc(F)ccc3c(=O)n2-c2ccccc2Cl)nc2nc[nH]c12. The zero-order valence-corrected chi connectivity index (χ0v) is 16.1. The summed E-state index contributed by atoms with van der Waals surface area (Å²) in [7, 11) is 0. The molecule has 0 saturated heterocycles. The van der Waals surface area contributed by atoms with Gasteiger partial charge in [-0.2, -0.15) is 0 Å². The predicted molar refractivity (Wildman–Crippen MR) is 111 cm³/mol. The number of nitrogens with two attached hydrogens (primary N) is 1. The van der Waals surface area contributed by atoms with Gasteiger partial charge in [0.1, 0.15) is 23.0 Å². The van der Waals surface area contributed by atoms with E-state index in [0.717, 1.165) is 0 Å². The Bertz CT molecular complexity index is 1490. The maximum absolute atomic E-state index is 13.8. The van der Waals surface area contributed by atoms with Crippen molar-refractivity contribution in [3.8, 4) is 5.69 Å². The summed E-state index contributed by atoms with van der Waals surface area (Å²) < 4.78 is 15.2. The number of imidazole rings is 1. The number of aromatic nitrogens is 6. The first kappa shape index (κ1) is 18.2. The topological polar surface area (TPSA) is 115 Å². The molecule has 0 radical (unpaired) electrons. The smallest absolute Gasteiger partial charge is 0.266 e. The van der Waals surface area contributed by atoms with E-state index in [-0.39, 0.29) is 28.7 Å². The molecule has 8 nitrogen and oxygen atoms in total. The Morgan fingerprint density at radius 2 is 1.97 bits per heavy atom. The zero-order valence-electron chi connectivity index (χ0n) is 15.3. The van der Waals surface area contributed by atoms with E-state index in [2.05, 4.69) is 24.9 Å². The van der Waals surface area contributed by atoms with E-state index in [1.54, 1.807) is 24.3 Å². The van der Waals surface area contributed by atoms with E-state index in [1.165, 1.54) is 29.1 Å². The van der Waals surface area contributed by atoms with Crippen LogP contribution in [0.1, 0.15) is 11.6 Å². The third-order valence-electron chi connectivity index (χ3n) is 4.67. The van der Waals surface area contributed by atoms with Gasteiger partial charge in [0.25, 0.3) is 5.56 Å². The van der Waals surface area contributed by atoms with Crippen LogP contribution in [0.4, 0.5) is 10.2 Å². The fourth-order valence-electron chi connectivity index (χ4n) is 3.33. The Hall–Kier alpha value is -3.85. The number of aromatic amines is 1. The van der Waals surface area contributed by atoms with Gasteiger partial charge in [-0.3, -0.25) is 9.36 Å². The van der Waals surface area contributed by atoms with Crippen LogP contribution in [0, 0.1) is 5.82 Å². The zero-order chi connectivity index (χ0) is 20.8. The molecule has 30 heavy (non-hydrogen) atoms. The van der Waals surface area contributed by atoms with Crippen molar-refractivity contribution in [2.45, 2.75) is 6.42 Å². The minimum Gasteiger partial charge on any atom is -0.382 e. The quantitative estimate of drug-likeness (QED) is 0.462. The number of nitrogens with zero attached hydrogens (tertiary/aromatic N) is 5. The summed E-state index contributed by atoms with van der Waals surface area (Å²) in [5.74, 6) is 0.344. The number of anilines is 1. The van der Waals surface area contributed by atoms with Crippen LogP contribution >= 0.6 is 11.6 Å². The molecule has 0 fully saturated rings. The maximum atomic E-state index is 13.8. The molecule has 0 bridgehead atoms. The highest BCUT2D eigenvalue weighted by atomic mass is 35.5. The Morgan fingerprint density at radius 3 is 2.80 bits per heavy atom. The van der Waals surface area contributed by atoms with Crippen LogP contribution in [0.15, 0.2) is 53.6 Å². The van der Waals surface area contributed by atoms with E-state index in [1.807, 2.05) is 0 Å². The van der Waals surface area contributed by atoms with Gasteiger partial charge in [-0.15, -0.1) is 0 Å². The number of fused-ring (bicyclic) bond motifs is 2. The van der Waals surface area contributed by atoms with Gasteiger partial charge in [0.05, 0.1) is 34.4 Å². The molecular weight excluding hydrogens is 409 g/mol. The molecule has 3 N–H and O–H groups in total. The summed E-state index contributed by atoms with van der Waals surface area (Å²) in [6.07, 6.45) is 1.52. The number of H-pyrrole nitrogens is 1. The van der Waals surface area contributed by atoms with Crippen molar-refractivity contribution in [3.05, 3.63) is 81.6 Å². The Morgan fingerprint density at radius 1 is 1.13 bits per heavy atom. The summed E-state index contributed by atoms with van der Waals surface area (Å²) in [6, 6.07) is 10.7. The molecule has 148 valence electrons. The van der Waals surface area contributed by atoms with Gasteiger partial charge in [0.2, 0.25) is 0 Å². The van der Waals surface area contributed by atoms with Crippen molar-refractivity contribution >= 4 is 39.5 Å². The second-order valence-corrected chi connectivity index (χ2v) is 6.99. The van der Waals surface area contributed by atoms with Gasteiger partial charge in [0.15, 0.2) is 11.5 Å². The van der Waals surface area contributed by atoms with Gasteiger partial charge in [-0.1, -0.05) is 23.7 Å². The molecular formula is C20H13ClFN7O. The minimum atomic E-state index is -0.491. The molecule has 0 saturated carbocycles. The summed E-state index contributed by atoms with van der Waals surface area (Å²) in [5.41, 5.74) is 7.21. The fourth-order valence-corrected chi connectivity index (χ4v) is 3.55. The van der Waals surface area contributed by atoms with E-state index < -0.39 is 5.82 Å². The highest BCUT2D eigenvalue weighted by Crippen LogP contribution is 2.23. The highest BCUT2D eigenvalue weighted by Gasteiger charge is 2.18. The molecule has 0 spiro atoms. The second-order valence-electron chi connectivity index (χ2n) is 6.58.